The number of aromatic nitrogens is 3. The van der Waals surface area contributed by atoms with Crippen LogP contribution in [0.3, 0.4) is 0 Å². The highest BCUT2D eigenvalue weighted by Crippen LogP contribution is 2.27. The highest BCUT2D eigenvalue weighted by Gasteiger charge is 2.18. The number of carbonyl (C=O) groups excluding carboxylic acids is 1. The fraction of sp³-hybridized carbons (Fsp3) is 0.125. The molecule has 10 heteroatoms. The predicted molar refractivity (Wildman–Crippen MR) is 123 cm³/mol. The van der Waals surface area contributed by atoms with E-state index in [1.807, 2.05) is 30.3 Å². The Morgan fingerprint density at radius 2 is 1.68 bits per heavy atom. The van der Waals surface area contributed by atoms with Crippen LogP contribution in [-0.4, -0.2) is 33.0 Å². The molecule has 1 N–H and O–H groups in total. The molecule has 0 saturated carbocycles. The topological polar surface area (TPSA) is 69.0 Å². The van der Waals surface area contributed by atoms with Gasteiger partial charge in [0.05, 0.1) is 17.9 Å². The van der Waals surface area contributed by atoms with Gasteiger partial charge in [-0.15, -0.1) is 10.2 Å². The lowest BCUT2D eigenvalue weighted by Crippen LogP contribution is -2.15. The molecule has 0 saturated heterocycles. The van der Waals surface area contributed by atoms with E-state index in [0.717, 1.165) is 17.3 Å². The third-order valence-electron chi connectivity index (χ3n) is 4.71. The summed E-state index contributed by atoms with van der Waals surface area (Å²) in [6.45, 7) is -2.52. The van der Waals surface area contributed by atoms with Crippen LogP contribution in [0.4, 0.5) is 18.9 Å². The zero-order valence-electron chi connectivity index (χ0n) is 17.7. The van der Waals surface area contributed by atoms with Crippen LogP contribution in [0.1, 0.15) is 5.56 Å². The van der Waals surface area contributed by atoms with Crippen molar-refractivity contribution in [2.75, 3.05) is 11.1 Å². The molecule has 0 bridgehead atoms. The van der Waals surface area contributed by atoms with Gasteiger partial charge in [0, 0.05) is 5.69 Å². The number of amides is 1. The zero-order valence-corrected chi connectivity index (χ0v) is 18.5. The van der Waals surface area contributed by atoms with Crippen LogP contribution in [0, 0.1) is 5.82 Å². The van der Waals surface area contributed by atoms with E-state index in [2.05, 4.69) is 20.3 Å². The van der Waals surface area contributed by atoms with Gasteiger partial charge >= 0.3 is 6.61 Å². The molecule has 0 fully saturated rings. The molecule has 4 rings (SSSR count). The second-order valence-electron chi connectivity index (χ2n) is 7.10. The number of hydrogen-bond donors (Lipinski definition) is 1. The highest BCUT2D eigenvalue weighted by molar-refractivity contribution is 7.99. The Balaban J connectivity index is 1.49. The molecule has 0 aliphatic rings. The summed E-state index contributed by atoms with van der Waals surface area (Å²) in [6, 6.07) is 21.5. The Bertz CT molecular complexity index is 1250. The third-order valence-corrected chi connectivity index (χ3v) is 5.68. The van der Waals surface area contributed by atoms with Crippen molar-refractivity contribution in [1.82, 2.24) is 14.8 Å². The monoisotopic (exact) mass is 484 g/mol. The van der Waals surface area contributed by atoms with Crippen LogP contribution in [0.15, 0.2) is 84.0 Å². The van der Waals surface area contributed by atoms with E-state index in [1.165, 1.54) is 30.3 Å². The number of ether oxygens (including phenoxy) is 1. The van der Waals surface area contributed by atoms with Gasteiger partial charge in [0.15, 0.2) is 11.0 Å². The van der Waals surface area contributed by atoms with Crippen molar-refractivity contribution in [3.63, 3.8) is 0 Å². The van der Waals surface area contributed by atoms with Gasteiger partial charge in [0.1, 0.15) is 11.6 Å². The summed E-state index contributed by atoms with van der Waals surface area (Å²) < 4.78 is 45.0. The van der Waals surface area contributed by atoms with Crippen LogP contribution in [0.25, 0.3) is 11.4 Å². The number of benzene rings is 3. The van der Waals surface area contributed by atoms with Gasteiger partial charge in [-0.1, -0.05) is 54.2 Å². The lowest BCUT2D eigenvalue weighted by atomic mass is 10.2. The number of hydrogen-bond acceptors (Lipinski definition) is 5. The van der Waals surface area contributed by atoms with Crippen LogP contribution < -0.4 is 10.1 Å². The van der Waals surface area contributed by atoms with Gasteiger partial charge in [-0.2, -0.15) is 8.78 Å². The van der Waals surface area contributed by atoms with Crippen LogP contribution in [-0.2, 0) is 11.3 Å². The average Bonchev–Trinajstić information content (AvgIpc) is 3.22. The number of nitrogens with zero attached hydrogens (tertiary/aromatic N) is 3. The molecule has 1 amide bonds. The van der Waals surface area contributed by atoms with Crippen molar-refractivity contribution in [3.8, 4) is 17.1 Å². The number of thioether (sulfide) groups is 1. The largest absolute Gasteiger partial charge is 0.435 e. The van der Waals surface area contributed by atoms with Crippen molar-refractivity contribution in [2.45, 2.75) is 18.3 Å². The van der Waals surface area contributed by atoms with Crippen LogP contribution in [0.5, 0.6) is 5.75 Å². The zero-order chi connectivity index (χ0) is 23.9. The lowest BCUT2D eigenvalue weighted by molar-refractivity contribution is -0.113. The lowest BCUT2D eigenvalue weighted by Gasteiger charge is -2.11. The maximum Gasteiger partial charge on any atom is 0.387 e. The summed E-state index contributed by atoms with van der Waals surface area (Å²) >= 11 is 1.16. The number of anilines is 1. The fourth-order valence-electron chi connectivity index (χ4n) is 3.19. The molecule has 4 aromatic rings. The SMILES string of the molecule is O=C(CSc1nnc(-c2ccccc2F)n1Cc1ccccc1)Nc1ccc(OC(F)F)cc1. The molecule has 0 aliphatic carbocycles. The number of halogens is 3. The maximum absolute atomic E-state index is 14.5. The minimum Gasteiger partial charge on any atom is -0.435 e. The highest BCUT2D eigenvalue weighted by atomic mass is 32.2. The summed E-state index contributed by atoms with van der Waals surface area (Å²) in [5.41, 5.74) is 1.72. The van der Waals surface area contributed by atoms with Gasteiger partial charge in [-0.3, -0.25) is 9.36 Å². The smallest absolute Gasteiger partial charge is 0.387 e. The second kappa shape index (κ2) is 10.9. The summed E-state index contributed by atoms with van der Waals surface area (Å²) in [6.07, 6.45) is 0. The van der Waals surface area contributed by atoms with Gasteiger partial charge in [-0.25, -0.2) is 4.39 Å². The first-order valence-corrected chi connectivity index (χ1v) is 11.2. The van der Waals surface area contributed by atoms with E-state index in [9.17, 15) is 18.0 Å². The summed E-state index contributed by atoms with van der Waals surface area (Å²) in [5, 5.41) is 11.5. The average molecular weight is 485 g/mol. The summed E-state index contributed by atoms with van der Waals surface area (Å²) in [5.74, 6) is -0.372. The first-order chi connectivity index (χ1) is 16.5. The van der Waals surface area contributed by atoms with Gasteiger partial charge < -0.3 is 10.1 Å². The maximum atomic E-state index is 14.5. The molecule has 0 radical (unpaired) electrons. The molecule has 174 valence electrons. The number of alkyl halides is 2. The Kier molecular flexibility index (Phi) is 7.48. The quantitative estimate of drug-likeness (QED) is 0.319. The molecule has 34 heavy (non-hydrogen) atoms. The molecule has 0 spiro atoms. The van der Waals surface area contributed by atoms with Crippen molar-refractivity contribution < 1.29 is 22.7 Å². The molecule has 1 heterocycles. The van der Waals surface area contributed by atoms with E-state index in [0.29, 0.717) is 28.8 Å². The van der Waals surface area contributed by atoms with Crippen molar-refractivity contribution in [3.05, 3.63) is 90.2 Å². The molecule has 6 nitrogen and oxygen atoms in total. The van der Waals surface area contributed by atoms with E-state index < -0.39 is 12.4 Å². The van der Waals surface area contributed by atoms with E-state index in [4.69, 9.17) is 0 Å². The summed E-state index contributed by atoms with van der Waals surface area (Å²) in [7, 11) is 0. The fourth-order valence-corrected chi connectivity index (χ4v) is 3.93. The number of rotatable bonds is 9. The Morgan fingerprint density at radius 1 is 0.971 bits per heavy atom. The van der Waals surface area contributed by atoms with Gasteiger partial charge in [0.25, 0.3) is 0 Å². The third kappa shape index (κ3) is 5.96. The first kappa shape index (κ1) is 23.4. The van der Waals surface area contributed by atoms with Crippen molar-refractivity contribution in [2.24, 2.45) is 0 Å². The van der Waals surface area contributed by atoms with E-state index in [1.54, 1.807) is 22.8 Å². The molecule has 0 unspecified atom stereocenters. The minimum atomic E-state index is -2.92. The van der Waals surface area contributed by atoms with Crippen LogP contribution in [0.2, 0.25) is 0 Å². The molecule has 0 aliphatic heterocycles. The van der Waals surface area contributed by atoms with Gasteiger partial charge in [0.2, 0.25) is 5.91 Å². The standard InChI is InChI=1S/C24H19F3N4O2S/c25-20-9-5-4-8-19(20)22-29-30-24(31(22)14-16-6-2-1-3-7-16)34-15-21(32)28-17-10-12-18(13-11-17)33-23(26)27/h1-13,23H,14-15H2,(H,28,32). The number of nitrogens with one attached hydrogen (secondary N) is 1. The molecule has 1 aromatic heterocycles. The van der Waals surface area contributed by atoms with Crippen molar-refractivity contribution in [1.29, 1.82) is 0 Å². The molecule has 3 aromatic carbocycles. The predicted octanol–water partition coefficient (Wildman–Crippen LogP) is 5.46. The molecule has 0 atom stereocenters. The Morgan fingerprint density at radius 3 is 2.38 bits per heavy atom. The Hall–Kier alpha value is -3.79. The Labute approximate surface area is 197 Å². The second-order valence-corrected chi connectivity index (χ2v) is 8.04. The molecular weight excluding hydrogens is 465 g/mol. The van der Waals surface area contributed by atoms with E-state index >= 15 is 0 Å². The molecular formula is C24H19F3N4O2S. The number of carbonyl (C=O) groups is 1. The normalized spacial score (nSPS) is 10.9. The summed E-state index contributed by atoms with van der Waals surface area (Å²) in [4.78, 5) is 12.4. The van der Waals surface area contributed by atoms with E-state index in [-0.39, 0.29) is 17.4 Å². The minimum absolute atomic E-state index is 0.00272. The first-order valence-electron chi connectivity index (χ1n) is 10.2. The van der Waals surface area contributed by atoms with Crippen LogP contribution >= 0.6 is 11.8 Å². The van der Waals surface area contributed by atoms with Crippen molar-refractivity contribution >= 4 is 23.4 Å². The van der Waals surface area contributed by atoms with Gasteiger partial charge in [-0.05, 0) is 42.0 Å².